The summed E-state index contributed by atoms with van der Waals surface area (Å²) in [5.41, 5.74) is 5.56. The number of aromatic nitrogens is 4. The lowest BCUT2D eigenvalue weighted by molar-refractivity contribution is -0.119. The maximum atomic E-state index is 13.0. The van der Waals surface area contributed by atoms with Crippen LogP contribution >= 0.6 is 11.8 Å². The number of amides is 3. The molecule has 2 aromatic heterocycles. The van der Waals surface area contributed by atoms with Crippen LogP contribution in [0.5, 0.6) is 0 Å². The van der Waals surface area contributed by atoms with Crippen LogP contribution in [0.15, 0.2) is 34.2 Å². The standard InChI is InChI=1S/C18H22N6O3S/c1-10(2)8-9-23-15(26)12-6-4-5-7-13(12)24-17(23)21-22-18(24)28-11(3)14(25)20-16(19)27/h4-7,10-11H,8-9H2,1-3H3,(H3,19,20,25,27)/t11-/m1/s1. The Morgan fingerprint density at radius 1 is 1.21 bits per heavy atom. The first kappa shape index (κ1) is 19.9. The quantitative estimate of drug-likeness (QED) is 0.606. The second-order valence-corrected chi connectivity index (χ2v) is 8.20. The molecule has 148 valence electrons. The van der Waals surface area contributed by atoms with Crippen LogP contribution in [0, 0.1) is 5.92 Å². The zero-order valence-corrected chi connectivity index (χ0v) is 16.7. The van der Waals surface area contributed by atoms with Gasteiger partial charge in [-0.3, -0.25) is 23.9 Å². The molecule has 0 bridgehead atoms. The lowest BCUT2D eigenvalue weighted by Gasteiger charge is -2.13. The van der Waals surface area contributed by atoms with E-state index < -0.39 is 17.2 Å². The molecule has 3 N–H and O–H groups in total. The van der Waals surface area contributed by atoms with Crippen molar-refractivity contribution >= 4 is 40.4 Å². The monoisotopic (exact) mass is 402 g/mol. The largest absolute Gasteiger partial charge is 0.351 e. The molecule has 9 nitrogen and oxygen atoms in total. The van der Waals surface area contributed by atoms with Gasteiger partial charge in [-0.05, 0) is 31.4 Å². The number of hydrogen-bond donors (Lipinski definition) is 2. The molecule has 1 aromatic carbocycles. The maximum absolute atomic E-state index is 13.0. The van der Waals surface area contributed by atoms with E-state index in [1.54, 1.807) is 22.0 Å². The summed E-state index contributed by atoms with van der Waals surface area (Å²) >= 11 is 1.14. The smallest absolute Gasteiger partial charge is 0.318 e. The van der Waals surface area contributed by atoms with Crippen molar-refractivity contribution in [2.75, 3.05) is 0 Å². The molecule has 0 aliphatic heterocycles. The Bertz CT molecular complexity index is 1100. The van der Waals surface area contributed by atoms with Gasteiger partial charge in [0, 0.05) is 6.54 Å². The molecule has 3 amide bonds. The Hall–Kier alpha value is -2.88. The normalized spacial score (nSPS) is 12.6. The van der Waals surface area contributed by atoms with E-state index in [2.05, 4.69) is 29.4 Å². The number of imide groups is 1. The molecular formula is C18H22N6O3S. The fourth-order valence-electron chi connectivity index (χ4n) is 2.83. The van der Waals surface area contributed by atoms with Gasteiger partial charge >= 0.3 is 6.03 Å². The van der Waals surface area contributed by atoms with Crippen LogP contribution in [0.3, 0.4) is 0 Å². The van der Waals surface area contributed by atoms with Crippen LogP contribution in [0.25, 0.3) is 16.7 Å². The van der Waals surface area contributed by atoms with Gasteiger partial charge in [-0.1, -0.05) is 37.7 Å². The lowest BCUT2D eigenvalue weighted by atomic mass is 10.1. The van der Waals surface area contributed by atoms with Crippen LogP contribution < -0.4 is 16.6 Å². The Labute approximate surface area is 165 Å². The second-order valence-electron chi connectivity index (χ2n) is 6.89. The van der Waals surface area contributed by atoms with E-state index >= 15 is 0 Å². The molecule has 3 aromatic rings. The minimum atomic E-state index is -0.906. The molecular weight excluding hydrogens is 380 g/mol. The first-order chi connectivity index (χ1) is 13.3. The molecule has 0 saturated carbocycles. The van der Waals surface area contributed by atoms with Gasteiger partial charge in [0.25, 0.3) is 5.56 Å². The van der Waals surface area contributed by atoms with Crippen molar-refractivity contribution in [3.63, 3.8) is 0 Å². The molecule has 0 fully saturated rings. The van der Waals surface area contributed by atoms with Crippen molar-refractivity contribution in [1.29, 1.82) is 0 Å². The average molecular weight is 402 g/mol. The van der Waals surface area contributed by atoms with Gasteiger partial charge in [-0.2, -0.15) is 0 Å². The van der Waals surface area contributed by atoms with Crippen molar-refractivity contribution in [2.45, 2.75) is 44.1 Å². The molecule has 0 aliphatic carbocycles. The molecule has 0 aliphatic rings. The van der Waals surface area contributed by atoms with E-state index in [0.717, 1.165) is 18.2 Å². The van der Waals surface area contributed by atoms with Crippen LogP contribution in [0.2, 0.25) is 0 Å². The third-order valence-corrected chi connectivity index (χ3v) is 5.35. The summed E-state index contributed by atoms with van der Waals surface area (Å²) in [5, 5.41) is 10.8. The predicted molar refractivity (Wildman–Crippen MR) is 107 cm³/mol. The number of rotatable bonds is 6. The zero-order valence-electron chi connectivity index (χ0n) is 15.9. The zero-order chi connectivity index (χ0) is 20.4. The average Bonchev–Trinajstić information content (AvgIpc) is 3.04. The Kier molecular flexibility index (Phi) is 5.68. The van der Waals surface area contributed by atoms with E-state index in [-0.39, 0.29) is 5.56 Å². The van der Waals surface area contributed by atoms with Crippen LogP contribution in [-0.4, -0.2) is 36.4 Å². The summed E-state index contributed by atoms with van der Waals surface area (Å²) in [7, 11) is 0. The molecule has 0 unspecified atom stereocenters. The number of nitrogens with one attached hydrogen (secondary N) is 1. The summed E-state index contributed by atoms with van der Waals surface area (Å²) in [6, 6.07) is 6.31. The summed E-state index contributed by atoms with van der Waals surface area (Å²) in [6.45, 7) is 6.34. The Morgan fingerprint density at radius 2 is 1.93 bits per heavy atom. The van der Waals surface area contributed by atoms with Gasteiger partial charge in [0.1, 0.15) is 0 Å². The minimum absolute atomic E-state index is 0.118. The number of nitrogens with zero attached hydrogens (tertiary/aromatic N) is 4. The van der Waals surface area contributed by atoms with E-state index in [9.17, 15) is 14.4 Å². The Morgan fingerprint density at radius 3 is 2.61 bits per heavy atom. The molecule has 1 atom stereocenters. The first-order valence-electron chi connectivity index (χ1n) is 8.93. The van der Waals surface area contributed by atoms with Gasteiger partial charge in [0.2, 0.25) is 11.7 Å². The highest BCUT2D eigenvalue weighted by Crippen LogP contribution is 2.25. The highest BCUT2D eigenvalue weighted by Gasteiger charge is 2.22. The molecule has 0 spiro atoms. The number of fused-ring (bicyclic) bond motifs is 3. The Balaban J connectivity index is 2.12. The van der Waals surface area contributed by atoms with E-state index in [1.807, 2.05) is 18.2 Å². The van der Waals surface area contributed by atoms with Crippen molar-refractivity contribution < 1.29 is 9.59 Å². The number of thioether (sulfide) groups is 1. The van der Waals surface area contributed by atoms with Crippen molar-refractivity contribution in [1.82, 2.24) is 24.5 Å². The summed E-state index contributed by atoms with van der Waals surface area (Å²) < 4.78 is 3.39. The number of benzene rings is 1. The second kappa shape index (κ2) is 8.01. The van der Waals surface area contributed by atoms with Crippen molar-refractivity contribution in [3.8, 4) is 0 Å². The number of aryl methyl sites for hydroxylation is 1. The third-order valence-electron chi connectivity index (χ3n) is 4.31. The number of carbonyl (C=O) groups excluding carboxylic acids is 2. The maximum Gasteiger partial charge on any atom is 0.318 e. The number of primary amides is 1. The predicted octanol–water partition coefficient (Wildman–Crippen LogP) is 1.77. The van der Waals surface area contributed by atoms with Crippen LogP contribution in [0.4, 0.5) is 4.79 Å². The van der Waals surface area contributed by atoms with Crippen molar-refractivity contribution in [2.24, 2.45) is 11.7 Å². The SMILES string of the molecule is CC(C)CCn1c(=O)c2ccccc2n2c(S[C@H](C)C(=O)NC(N)=O)nnc12. The van der Waals surface area contributed by atoms with E-state index in [0.29, 0.717) is 34.3 Å². The fraction of sp³-hybridized carbons (Fsp3) is 0.389. The molecule has 3 rings (SSSR count). The number of para-hydroxylation sites is 1. The lowest BCUT2D eigenvalue weighted by Crippen LogP contribution is -2.39. The topological polar surface area (TPSA) is 124 Å². The van der Waals surface area contributed by atoms with Crippen LogP contribution in [0.1, 0.15) is 27.2 Å². The fourth-order valence-corrected chi connectivity index (χ4v) is 3.69. The van der Waals surface area contributed by atoms with Gasteiger partial charge < -0.3 is 5.73 Å². The minimum Gasteiger partial charge on any atom is -0.351 e. The summed E-state index contributed by atoms with van der Waals surface area (Å²) in [5.74, 6) is 0.328. The number of carbonyl (C=O) groups is 2. The third kappa shape index (κ3) is 3.86. The van der Waals surface area contributed by atoms with E-state index in [4.69, 9.17) is 5.73 Å². The summed E-state index contributed by atoms with van der Waals surface area (Å²) in [4.78, 5) is 35.9. The number of nitrogens with two attached hydrogens (primary N) is 1. The van der Waals surface area contributed by atoms with Crippen molar-refractivity contribution in [3.05, 3.63) is 34.6 Å². The number of urea groups is 1. The molecule has 28 heavy (non-hydrogen) atoms. The highest BCUT2D eigenvalue weighted by molar-refractivity contribution is 8.00. The first-order valence-corrected chi connectivity index (χ1v) is 9.81. The van der Waals surface area contributed by atoms with Gasteiger partial charge in [0.15, 0.2) is 5.16 Å². The van der Waals surface area contributed by atoms with E-state index in [1.165, 1.54) is 0 Å². The van der Waals surface area contributed by atoms with Gasteiger partial charge in [-0.25, -0.2) is 4.79 Å². The molecule has 10 heteroatoms. The highest BCUT2D eigenvalue weighted by atomic mass is 32.2. The number of hydrogen-bond acceptors (Lipinski definition) is 6. The molecule has 0 radical (unpaired) electrons. The molecule has 0 saturated heterocycles. The van der Waals surface area contributed by atoms with Crippen LogP contribution in [-0.2, 0) is 11.3 Å². The van der Waals surface area contributed by atoms with Gasteiger partial charge in [0.05, 0.1) is 16.2 Å². The molecule has 2 heterocycles. The van der Waals surface area contributed by atoms with Gasteiger partial charge in [-0.15, -0.1) is 10.2 Å². The summed E-state index contributed by atoms with van der Waals surface area (Å²) in [6.07, 6.45) is 0.820.